The molecule has 0 spiro atoms. The van der Waals surface area contributed by atoms with Crippen LogP contribution in [0.1, 0.15) is 19.8 Å². The maximum absolute atomic E-state index is 5.69. The van der Waals surface area contributed by atoms with Crippen molar-refractivity contribution in [1.82, 2.24) is 5.32 Å². The summed E-state index contributed by atoms with van der Waals surface area (Å²) in [6.07, 6.45) is 2.62. The van der Waals surface area contributed by atoms with E-state index in [4.69, 9.17) is 4.74 Å². The number of benzene rings is 1. The molecule has 1 aromatic carbocycles. The first kappa shape index (κ1) is 13.2. The van der Waals surface area contributed by atoms with E-state index in [-0.39, 0.29) is 0 Å². The molecule has 0 bridgehead atoms. The summed E-state index contributed by atoms with van der Waals surface area (Å²) in [7, 11) is 2.16. The minimum atomic E-state index is 0.718. The van der Waals surface area contributed by atoms with Gasteiger partial charge in [0, 0.05) is 13.6 Å². The Balaban J connectivity index is 2.00. The number of hydrogen-bond donors (Lipinski definition) is 1. The fourth-order valence-electron chi connectivity index (χ4n) is 2.62. The summed E-state index contributed by atoms with van der Waals surface area (Å²) in [4.78, 5) is 2.32. The molecule has 0 radical (unpaired) electrons. The number of nitrogens with zero attached hydrogens (tertiary/aromatic N) is 1. The van der Waals surface area contributed by atoms with Gasteiger partial charge in [0.05, 0.1) is 12.3 Å². The molecule has 100 valence electrons. The third kappa shape index (κ3) is 3.39. The summed E-state index contributed by atoms with van der Waals surface area (Å²) in [5.74, 6) is 1.74. The van der Waals surface area contributed by atoms with Crippen molar-refractivity contribution in [3.05, 3.63) is 24.3 Å². The predicted molar refractivity (Wildman–Crippen MR) is 76.5 cm³/mol. The zero-order valence-electron chi connectivity index (χ0n) is 11.5. The number of hydrogen-bond acceptors (Lipinski definition) is 3. The predicted octanol–water partition coefficient (Wildman–Crippen LogP) is 2.52. The topological polar surface area (TPSA) is 24.5 Å². The van der Waals surface area contributed by atoms with Gasteiger partial charge in [-0.25, -0.2) is 0 Å². The van der Waals surface area contributed by atoms with E-state index in [2.05, 4.69) is 35.5 Å². The van der Waals surface area contributed by atoms with Crippen molar-refractivity contribution in [3.8, 4) is 5.75 Å². The lowest BCUT2D eigenvalue weighted by Gasteiger charge is -2.29. The molecular weight excluding hydrogens is 224 g/mol. The molecule has 1 fully saturated rings. The lowest BCUT2D eigenvalue weighted by molar-refractivity contribution is 0.338. The van der Waals surface area contributed by atoms with Gasteiger partial charge in [0.1, 0.15) is 5.75 Å². The molecule has 2 rings (SSSR count). The van der Waals surface area contributed by atoms with Crippen molar-refractivity contribution in [2.75, 3.05) is 38.2 Å². The summed E-state index contributed by atoms with van der Waals surface area (Å²) >= 11 is 0. The van der Waals surface area contributed by atoms with Crippen molar-refractivity contribution >= 4 is 5.69 Å². The Bertz CT molecular complexity index is 361. The minimum Gasteiger partial charge on any atom is -0.492 e. The molecule has 0 aliphatic carbocycles. The smallest absolute Gasteiger partial charge is 0.142 e. The van der Waals surface area contributed by atoms with Gasteiger partial charge in [-0.1, -0.05) is 12.1 Å². The van der Waals surface area contributed by atoms with Crippen LogP contribution in [0.2, 0.25) is 0 Å². The van der Waals surface area contributed by atoms with Gasteiger partial charge in [0.2, 0.25) is 0 Å². The fraction of sp³-hybridized carbons (Fsp3) is 0.600. The van der Waals surface area contributed by atoms with Gasteiger partial charge in [-0.05, 0) is 50.9 Å². The molecule has 1 saturated heterocycles. The van der Waals surface area contributed by atoms with Crippen LogP contribution >= 0.6 is 0 Å². The van der Waals surface area contributed by atoms with Crippen LogP contribution in [-0.4, -0.2) is 33.3 Å². The molecule has 18 heavy (non-hydrogen) atoms. The maximum Gasteiger partial charge on any atom is 0.142 e. The molecule has 0 amide bonds. The highest BCUT2D eigenvalue weighted by Crippen LogP contribution is 2.28. The molecule has 1 aliphatic rings. The Morgan fingerprint density at radius 2 is 2.22 bits per heavy atom. The summed E-state index contributed by atoms with van der Waals surface area (Å²) in [6, 6.07) is 8.30. The zero-order valence-corrected chi connectivity index (χ0v) is 11.5. The Hall–Kier alpha value is -1.22. The number of nitrogens with one attached hydrogen (secondary N) is 1. The Kier molecular flexibility index (Phi) is 4.88. The molecular formula is C15H24N2O. The summed E-state index contributed by atoms with van der Waals surface area (Å²) in [5, 5.41) is 3.47. The standard InChI is InChI=1S/C15H24N2O/c1-3-18-15-9-5-4-8-14(15)17(2)12-13-7-6-10-16-11-13/h4-5,8-9,13,16H,3,6-7,10-12H2,1-2H3. The third-order valence-corrected chi connectivity index (χ3v) is 3.51. The molecule has 0 saturated carbocycles. The maximum atomic E-state index is 5.69. The Morgan fingerprint density at radius 3 is 2.94 bits per heavy atom. The van der Waals surface area contributed by atoms with E-state index in [1.54, 1.807) is 0 Å². The zero-order chi connectivity index (χ0) is 12.8. The lowest BCUT2D eigenvalue weighted by atomic mass is 9.99. The first-order valence-corrected chi connectivity index (χ1v) is 6.95. The van der Waals surface area contributed by atoms with Gasteiger partial charge in [-0.2, -0.15) is 0 Å². The monoisotopic (exact) mass is 248 g/mol. The number of rotatable bonds is 5. The van der Waals surface area contributed by atoms with Crippen LogP contribution in [0.15, 0.2) is 24.3 Å². The van der Waals surface area contributed by atoms with Crippen molar-refractivity contribution in [1.29, 1.82) is 0 Å². The van der Waals surface area contributed by atoms with Gasteiger partial charge in [-0.15, -0.1) is 0 Å². The van der Waals surface area contributed by atoms with E-state index in [1.165, 1.54) is 25.1 Å². The molecule has 0 aromatic heterocycles. The molecule has 1 heterocycles. The Morgan fingerprint density at radius 1 is 1.39 bits per heavy atom. The summed E-state index contributed by atoms with van der Waals surface area (Å²) < 4.78 is 5.69. The molecule has 1 unspecified atom stereocenters. The van der Waals surface area contributed by atoms with E-state index < -0.39 is 0 Å². The molecule has 3 nitrogen and oxygen atoms in total. The van der Waals surface area contributed by atoms with Crippen molar-refractivity contribution in [2.24, 2.45) is 5.92 Å². The number of piperidine rings is 1. The second kappa shape index (κ2) is 6.64. The van der Waals surface area contributed by atoms with E-state index in [9.17, 15) is 0 Å². The Labute approximate surface area is 110 Å². The van der Waals surface area contributed by atoms with Crippen molar-refractivity contribution in [2.45, 2.75) is 19.8 Å². The number of para-hydroxylation sites is 2. The average Bonchev–Trinajstić information content (AvgIpc) is 2.41. The van der Waals surface area contributed by atoms with Gasteiger partial charge in [-0.3, -0.25) is 0 Å². The first-order valence-electron chi connectivity index (χ1n) is 6.95. The van der Waals surface area contributed by atoms with Crippen molar-refractivity contribution in [3.63, 3.8) is 0 Å². The van der Waals surface area contributed by atoms with Gasteiger partial charge in [0.25, 0.3) is 0 Å². The van der Waals surface area contributed by atoms with Crippen LogP contribution in [0.3, 0.4) is 0 Å². The first-order chi connectivity index (χ1) is 8.81. The normalized spacial score (nSPS) is 19.6. The molecule has 1 aliphatic heterocycles. The highest BCUT2D eigenvalue weighted by molar-refractivity contribution is 5.57. The van der Waals surface area contributed by atoms with E-state index in [0.29, 0.717) is 0 Å². The van der Waals surface area contributed by atoms with Gasteiger partial charge < -0.3 is 15.0 Å². The summed E-state index contributed by atoms with van der Waals surface area (Å²) in [5.41, 5.74) is 1.20. The largest absolute Gasteiger partial charge is 0.492 e. The second-order valence-corrected chi connectivity index (χ2v) is 4.99. The van der Waals surface area contributed by atoms with Gasteiger partial charge >= 0.3 is 0 Å². The second-order valence-electron chi connectivity index (χ2n) is 4.99. The number of anilines is 1. The van der Waals surface area contributed by atoms with Crippen LogP contribution < -0.4 is 15.0 Å². The lowest BCUT2D eigenvalue weighted by Crippen LogP contribution is -2.37. The van der Waals surface area contributed by atoms with E-state index in [1.807, 2.05) is 13.0 Å². The summed E-state index contributed by atoms with van der Waals surface area (Å²) in [6.45, 7) is 6.16. The SMILES string of the molecule is CCOc1ccccc1N(C)CC1CCCNC1. The molecule has 1 aromatic rings. The fourth-order valence-corrected chi connectivity index (χ4v) is 2.62. The molecule has 1 atom stereocenters. The minimum absolute atomic E-state index is 0.718. The highest BCUT2D eigenvalue weighted by atomic mass is 16.5. The van der Waals surface area contributed by atoms with Crippen LogP contribution in [0.5, 0.6) is 5.75 Å². The van der Waals surface area contributed by atoms with E-state index >= 15 is 0 Å². The quantitative estimate of drug-likeness (QED) is 0.866. The van der Waals surface area contributed by atoms with Crippen molar-refractivity contribution < 1.29 is 4.74 Å². The number of ether oxygens (including phenoxy) is 1. The highest BCUT2D eigenvalue weighted by Gasteiger charge is 2.16. The van der Waals surface area contributed by atoms with Crippen LogP contribution in [0.25, 0.3) is 0 Å². The van der Waals surface area contributed by atoms with Gasteiger partial charge in [0.15, 0.2) is 0 Å². The average molecular weight is 248 g/mol. The van der Waals surface area contributed by atoms with Crippen LogP contribution in [0, 0.1) is 5.92 Å². The molecule has 1 N–H and O–H groups in total. The van der Waals surface area contributed by atoms with Crippen LogP contribution in [-0.2, 0) is 0 Å². The van der Waals surface area contributed by atoms with Crippen LogP contribution in [0.4, 0.5) is 5.69 Å². The third-order valence-electron chi connectivity index (χ3n) is 3.51. The van der Waals surface area contributed by atoms with E-state index in [0.717, 1.165) is 31.4 Å². The molecule has 3 heteroatoms.